The molecule has 0 radical (unpaired) electrons. The van der Waals surface area contributed by atoms with Crippen molar-refractivity contribution >= 4 is 58.1 Å². The summed E-state index contributed by atoms with van der Waals surface area (Å²) < 4.78 is -0.628. The molecule has 1 aromatic heterocycles. The van der Waals surface area contributed by atoms with E-state index in [2.05, 4.69) is 42.2 Å². The number of benzene rings is 1. The van der Waals surface area contributed by atoms with Gasteiger partial charge in [0.05, 0.1) is 11.4 Å². The molecule has 8 N–H and O–H groups in total. The lowest BCUT2D eigenvalue weighted by atomic mass is 9.97. The van der Waals surface area contributed by atoms with E-state index in [0.717, 1.165) is 16.5 Å². The molecule has 0 aliphatic carbocycles. The number of hydrogen-bond donors (Lipinski definition) is 8. The van der Waals surface area contributed by atoms with Gasteiger partial charge < -0.3 is 36.9 Å². The molecule has 8 atom stereocenters. The molecule has 2 saturated heterocycles. The first-order valence-corrected chi connectivity index (χ1v) is 20.4. The second-order valence-electron chi connectivity index (χ2n) is 17.0. The first kappa shape index (κ1) is 43.6. The van der Waals surface area contributed by atoms with Gasteiger partial charge >= 0.3 is 0 Å². The number of fused-ring (bicyclic) bond motifs is 3. The molecule has 0 saturated carbocycles. The average Bonchev–Trinajstić information content (AvgIpc) is 3.65. The van der Waals surface area contributed by atoms with E-state index in [1.54, 1.807) is 27.0 Å². The van der Waals surface area contributed by atoms with Crippen molar-refractivity contribution in [2.75, 3.05) is 0 Å². The highest BCUT2D eigenvalue weighted by Gasteiger charge is 2.49. The van der Waals surface area contributed by atoms with Gasteiger partial charge in [-0.1, -0.05) is 73.6 Å². The number of carbonyl (C=O) groups is 6. The van der Waals surface area contributed by atoms with E-state index in [1.807, 2.05) is 79.7 Å². The Balaban J connectivity index is 1.76. The summed E-state index contributed by atoms with van der Waals surface area (Å²) in [6.07, 6.45) is 2.13. The van der Waals surface area contributed by atoms with Gasteiger partial charge in [-0.05, 0) is 62.5 Å². The molecule has 304 valence electrons. The van der Waals surface area contributed by atoms with Gasteiger partial charge in [-0.2, -0.15) is 0 Å². The summed E-state index contributed by atoms with van der Waals surface area (Å²) in [5, 5.41) is 21.4. The van der Waals surface area contributed by atoms with E-state index in [0.29, 0.717) is 0 Å². The zero-order valence-electron chi connectivity index (χ0n) is 34.1. The highest BCUT2D eigenvalue weighted by molar-refractivity contribution is 8.01. The number of rotatable bonds is 7. The van der Waals surface area contributed by atoms with Crippen molar-refractivity contribution < 1.29 is 28.8 Å². The molecular formula is C40H62N8O6S. The van der Waals surface area contributed by atoms with Gasteiger partial charge in [-0.15, -0.1) is 11.8 Å². The fraction of sp³-hybridized carbons (Fsp3) is 0.650. The summed E-state index contributed by atoms with van der Waals surface area (Å²) in [6.45, 7) is 20.5. The third-order valence-corrected chi connectivity index (χ3v) is 11.9. The normalized spacial score (nSPS) is 29.1. The molecule has 2 aliphatic heterocycles. The molecule has 3 heterocycles. The van der Waals surface area contributed by atoms with Crippen LogP contribution in [0.4, 0.5) is 0 Å². The number of aromatic amines is 1. The zero-order chi connectivity index (χ0) is 40.9. The molecular weight excluding hydrogens is 721 g/mol. The summed E-state index contributed by atoms with van der Waals surface area (Å²) in [6, 6.07) is 1.33. The molecule has 2 bridgehead atoms. The summed E-state index contributed by atoms with van der Waals surface area (Å²) in [5.74, 6) is -3.78. The predicted octanol–water partition coefficient (Wildman–Crippen LogP) is 2.48. The van der Waals surface area contributed by atoms with Crippen LogP contribution in [0.3, 0.4) is 0 Å². The standard InChI is InChI=1S/C40H62N8O6S/c1-19(2)16-27-35(51)45-29(20(3)4)36(52)46-30(21(5)6)37(53)47-31(22(7)8)39-48-32(40(10,11)55-39)38(54)42-23(9)33(49)43-28(34(50)44-27)17-24-18-41-26-15-13-12-14-25(24)26/h12-15,18-23,27-32,39,41,48H,16-17H2,1-11H3,(H,42,54)(H,43,49)(H,44,50)(H,45,51)(H,46,52)(H,47,53). The minimum Gasteiger partial charge on any atom is -0.361 e. The number of H-pyrrole nitrogens is 1. The average molecular weight is 783 g/mol. The van der Waals surface area contributed by atoms with Gasteiger partial charge in [0, 0.05) is 28.3 Å². The van der Waals surface area contributed by atoms with Gasteiger partial charge in [-0.3, -0.25) is 34.1 Å². The van der Waals surface area contributed by atoms with Crippen molar-refractivity contribution in [3.8, 4) is 0 Å². The first-order chi connectivity index (χ1) is 25.7. The van der Waals surface area contributed by atoms with E-state index >= 15 is 0 Å². The van der Waals surface area contributed by atoms with Crippen molar-refractivity contribution in [1.29, 1.82) is 0 Å². The topological polar surface area (TPSA) is 202 Å². The van der Waals surface area contributed by atoms with E-state index in [9.17, 15) is 28.8 Å². The lowest BCUT2D eigenvalue weighted by Crippen LogP contribution is -2.61. The van der Waals surface area contributed by atoms with Crippen molar-refractivity contribution in [2.24, 2.45) is 23.7 Å². The Labute approximate surface area is 329 Å². The number of thioether (sulfide) groups is 1. The van der Waals surface area contributed by atoms with Crippen LogP contribution >= 0.6 is 11.8 Å². The minimum absolute atomic E-state index is 0.0250. The quantitative estimate of drug-likeness (QED) is 0.209. The summed E-state index contributed by atoms with van der Waals surface area (Å²) >= 11 is 1.52. The van der Waals surface area contributed by atoms with E-state index in [1.165, 1.54) is 11.8 Å². The van der Waals surface area contributed by atoms with Crippen molar-refractivity contribution in [1.82, 2.24) is 42.2 Å². The summed E-state index contributed by atoms with van der Waals surface area (Å²) in [5.41, 5.74) is 1.64. The van der Waals surface area contributed by atoms with Gasteiger partial charge in [0.2, 0.25) is 35.4 Å². The lowest BCUT2D eigenvalue weighted by molar-refractivity contribution is -0.136. The zero-order valence-corrected chi connectivity index (χ0v) is 34.9. The third-order valence-electron chi connectivity index (χ3n) is 10.4. The fourth-order valence-electron chi connectivity index (χ4n) is 7.14. The molecule has 1 aromatic carbocycles. The molecule has 15 heteroatoms. The molecule has 14 nitrogen and oxygen atoms in total. The molecule has 0 spiro atoms. The maximum Gasteiger partial charge on any atom is 0.243 e. The Hall–Kier alpha value is -4.11. The third kappa shape index (κ3) is 10.8. The Morgan fingerprint density at radius 2 is 1.22 bits per heavy atom. The van der Waals surface area contributed by atoms with Gasteiger partial charge in [0.15, 0.2) is 0 Å². The Morgan fingerprint density at radius 3 is 1.82 bits per heavy atom. The van der Waals surface area contributed by atoms with Crippen LogP contribution < -0.4 is 37.2 Å². The van der Waals surface area contributed by atoms with Crippen molar-refractivity contribution in [2.45, 2.75) is 141 Å². The molecule has 4 rings (SSSR count). The molecule has 2 aliphatic rings. The van der Waals surface area contributed by atoms with Crippen LogP contribution in [0, 0.1) is 23.7 Å². The summed E-state index contributed by atoms with van der Waals surface area (Å²) in [4.78, 5) is 87.0. The Kier molecular flexibility index (Phi) is 14.5. The second-order valence-corrected chi connectivity index (χ2v) is 18.8. The first-order valence-electron chi connectivity index (χ1n) is 19.5. The van der Waals surface area contributed by atoms with Crippen LogP contribution in [0.1, 0.15) is 88.1 Å². The monoisotopic (exact) mass is 782 g/mol. The van der Waals surface area contributed by atoms with E-state index in [-0.39, 0.29) is 47.8 Å². The maximum atomic E-state index is 14.2. The van der Waals surface area contributed by atoms with Gasteiger partial charge in [-0.25, -0.2) is 0 Å². The van der Waals surface area contributed by atoms with Crippen molar-refractivity contribution in [3.05, 3.63) is 36.0 Å². The Morgan fingerprint density at radius 1 is 0.655 bits per heavy atom. The predicted molar refractivity (Wildman–Crippen MR) is 216 cm³/mol. The van der Waals surface area contributed by atoms with Gasteiger partial charge in [0.1, 0.15) is 36.3 Å². The fourth-order valence-corrected chi connectivity index (χ4v) is 8.84. The van der Waals surface area contributed by atoms with Crippen LogP contribution in [0.5, 0.6) is 0 Å². The molecule has 55 heavy (non-hydrogen) atoms. The van der Waals surface area contributed by atoms with Crippen LogP contribution in [-0.4, -0.2) is 92.8 Å². The molecule has 2 aromatic rings. The van der Waals surface area contributed by atoms with Crippen LogP contribution in [-0.2, 0) is 35.2 Å². The maximum absolute atomic E-state index is 14.2. The highest BCUT2D eigenvalue weighted by atomic mass is 32.2. The second kappa shape index (κ2) is 18.2. The summed E-state index contributed by atoms with van der Waals surface area (Å²) in [7, 11) is 0. The molecule has 6 amide bonds. The molecule has 8 unspecified atom stereocenters. The van der Waals surface area contributed by atoms with Gasteiger partial charge in [0.25, 0.3) is 0 Å². The van der Waals surface area contributed by atoms with Crippen LogP contribution in [0.15, 0.2) is 30.5 Å². The number of para-hydroxylation sites is 1. The largest absolute Gasteiger partial charge is 0.361 e. The van der Waals surface area contributed by atoms with Crippen LogP contribution in [0.25, 0.3) is 10.9 Å². The molecule has 2 fully saturated rings. The Bertz CT molecular complexity index is 1720. The highest BCUT2D eigenvalue weighted by Crippen LogP contribution is 2.40. The number of hydrogen-bond acceptors (Lipinski definition) is 8. The van der Waals surface area contributed by atoms with Crippen molar-refractivity contribution in [3.63, 3.8) is 0 Å². The minimum atomic E-state index is -1.12. The smallest absolute Gasteiger partial charge is 0.243 e. The SMILES string of the molecule is CC(C)CC1NC(=O)C(Cc2c[nH]c3ccccc23)NC(=O)C(C)NC(=O)C2NC(SC2(C)C)C(C(C)C)NC(=O)C(C(C)C)NC(=O)C(C(C)C)NC1=O. The van der Waals surface area contributed by atoms with E-state index < -0.39 is 76.6 Å². The van der Waals surface area contributed by atoms with E-state index in [4.69, 9.17) is 0 Å². The number of nitrogens with one attached hydrogen (secondary N) is 8. The number of amides is 6. The lowest BCUT2D eigenvalue weighted by Gasteiger charge is -2.32. The van der Waals surface area contributed by atoms with Crippen LogP contribution in [0.2, 0.25) is 0 Å². The number of aromatic nitrogens is 1. The number of carbonyl (C=O) groups excluding carboxylic acids is 6.